The lowest BCUT2D eigenvalue weighted by atomic mass is 10.2. The third-order valence-electron chi connectivity index (χ3n) is 5.30. The minimum Gasteiger partial charge on any atom is -0.493 e. The van der Waals surface area contributed by atoms with E-state index < -0.39 is 5.91 Å². The molecule has 34 heavy (non-hydrogen) atoms. The van der Waals surface area contributed by atoms with Gasteiger partial charge < -0.3 is 9.47 Å². The first-order chi connectivity index (χ1) is 16.5. The maximum Gasteiger partial charge on any atom is 0.262 e. The van der Waals surface area contributed by atoms with Crippen LogP contribution in [0, 0.1) is 13.8 Å². The smallest absolute Gasteiger partial charge is 0.262 e. The second kappa shape index (κ2) is 10.3. The Bertz CT molecular complexity index is 1410. The van der Waals surface area contributed by atoms with Crippen molar-refractivity contribution >= 4 is 33.7 Å². The highest BCUT2D eigenvalue weighted by Crippen LogP contribution is 2.28. The van der Waals surface area contributed by atoms with Crippen LogP contribution >= 0.6 is 11.3 Å². The standard InChI is InChI=1S/C25H24N4O4S/c1-16-17(2)34-24-23(16)25(31)29(15-26-24)13-22(30)28-27-12-19-9-10-20(21(11-19)32-3)33-14-18-7-5-4-6-8-18/h4-12,15H,13-14H2,1-3H3,(H,28,30). The summed E-state index contributed by atoms with van der Waals surface area (Å²) in [5.74, 6) is 0.728. The Morgan fingerprint density at radius 3 is 2.74 bits per heavy atom. The van der Waals surface area contributed by atoms with Gasteiger partial charge in [0, 0.05) is 4.88 Å². The molecule has 0 saturated heterocycles. The fourth-order valence-electron chi connectivity index (χ4n) is 3.37. The lowest BCUT2D eigenvalue weighted by Gasteiger charge is -2.11. The molecule has 4 rings (SSSR count). The van der Waals surface area contributed by atoms with Gasteiger partial charge >= 0.3 is 0 Å². The highest BCUT2D eigenvalue weighted by molar-refractivity contribution is 7.18. The number of nitrogens with one attached hydrogen (secondary N) is 1. The lowest BCUT2D eigenvalue weighted by molar-refractivity contribution is -0.121. The van der Waals surface area contributed by atoms with Gasteiger partial charge in [-0.1, -0.05) is 30.3 Å². The number of carbonyl (C=O) groups is 1. The van der Waals surface area contributed by atoms with Gasteiger partial charge in [-0.05, 0) is 48.7 Å². The summed E-state index contributed by atoms with van der Waals surface area (Å²) in [6.45, 7) is 4.08. The summed E-state index contributed by atoms with van der Waals surface area (Å²) >= 11 is 1.47. The monoisotopic (exact) mass is 476 g/mol. The number of ether oxygens (including phenoxy) is 2. The number of aryl methyl sites for hydroxylation is 2. The number of rotatable bonds is 8. The summed E-state index contributed by atoms with van der Waals surface area (Å²) < 4.78 is 12.6. The van der Waals surface area contributed by atoms with E-state index in [2.05, 4.69) is 15.5 Å². The number of aromatic nitrogens is 2. The Kier molecular flexibility index (Phi) is 7.03. The van der Waals surface area contributed by atoms with Gasteiger partial charge in [-0.2, -0.15) is 5.10 Å². The molecule has 0 saturated carbocycles. The number of nitrogens with zero attached hydrogens (tertiary/aromatic N) is 3. The van der Waals surface area contributed by atoms with E-state index in [9.17, 15) is 9.59 Å². The maximum atomic E-state index is 12.7. The van der Waals surface area contributed by atoms with Crippen molar-refractivity contribution < 1.29 is 14.3 Å². The van der Waals surface area contributed by atoms with E-state index in [0.29, 0.717) is 33.9 Å². The molecule has 0 aliphatic rings. The molecule has 0 radical (unpaired) electrons. The first kappa shape index (κ1) is 23.2. The molecular formula is C25H24N4O4S. The number of benzene rings is 2. The molecule has 174 valence electrons. The van der Waals surface area contributed by atoms with Gasteiger partial charge in [0.1, 0.15) is 18.0 Å². The molecule has 0 fully saturated rings. The average Bonchev–Trinajstić information content (AvgIpc) is 3.14. The number of carbonyl (C=O) groups excluding carboxylic acids is 1. The van der Waals surface area contributed by atoms with Crippen LogP contribution in [-0.4, -0.2) is 28.8 Å². The number of methoxy groups -OCH3 is 1. The fourth-order valence-corrected chi connectivity index (χ4v) is 4.36. The SMILES string of the molecule is COc1cc(C=NNC(=O)Cn2cnc3sc(C)c(C)c3c2=O)ccc1OCc1ccccc1. The largest absolute Gasteiger partial charge is 0.493 e. The molecule has 1 N–H and O–H groups in total. The topological polar surface area (TPSA) is 94.8 Å². The van der Waals surface area contributed by atoms with Gasteiger partial charge in [-0.15, -0.1) is 11.3 Å². The summed E-state index contributed by atoms with van der Waals surface area (Å²) in [5.41, 5.74) is 4.88. The quantitative estimate of drug-likeness (QED) is 0.308. The first-order valence-electron chi connectivity index (χ1n) is 10.6. The van der Waals surface area contributed by atoms with Crippen LogP contribution in [0.15, 0.2) is 64.8 Å². The van der Waals surface area contributed by atoms with Crippen LogP contribution in [-0.2, 0) is 17.9 Å². The average molecular weight is 477 g/mol. The number of hydrogen-bond donors (Lipinski definition) is 1. The van der Waals surface area contributed by atoms with Crippen molar-refractivity contribution in [1.82, 2.24) is 15.0 Å². The zero-order chi connectivity index (χ0) is 24.1. The number of hydrazone groups is 1. The Morgan fingerprint density at radius 2 is 1.97 bits per heavy atom. The molecule has 0 aliphatic heterocycles. The molecule has 1 amide bonds. The van der Waals surface area contributed by atoms with Crippen molar-refractivity contribution in [3.63, 3.8) is 0 Å². The minimum absolute atomic E-state index is 0.178. The molecule has 0 spiro atoms. The third kappa shape index (κ3) is 5.15. The number of amides is 1. The molecule has 9 heteroatoms. The van der Waals surface area contributed by atoms with E-state index in [0.717, 1.165) is 16.0 Å². The van der Waals surface area contributed by atoms with Crippen LogP contribution in [0.1, 0.15) is 21.6 Å². The van der Waals surface area contributed by atoms with E-state index in [1.165, 1.54) is 28.4 Å². The van der Waals surface area contributed by atoms with Gasteiger partial charge in [0.15, 0.2) is 11.5 Å². The Balaban J connectivity index is 1.38. The highest BCUT2D eigenvalue weighted by atomic mass is 32.1. The van der Waals surface area contributed by atoms with Crippen LogP contribution in [0.5, 0.6) is 11.5 Å². The van der Waals surface area contributed by atoms with E-state index in [1.807, 2.05) is 50.2 Å². The summed E-state index contributed by atoms with van der Waals surface area (Å²) in [5, 5.41) is 4.55. The predicted octanol–water partition coefficient (Wildman–Crippen LogP) is 3.81. The van der Waals surface area contributed by atoms with Crippen molar-refractivity contribution in [1.29, 1.82) is 0 Å². The molecule has 8 nitrogen and oxygen atoms in total. The van der Waals surface area contributed by atoms with Gasteiger partial charge in [0.2, 0.25) is 0 Å². The summed E-state index contributed by atoms with van der Waals surface area (Å²) in [6.07, 6.45) is 2.89. The maximum absolute atomic E-state index is 12.7. The van der Waals surface area contributed by atoms with Gasteiger partial charge in [-0.25, -0.2) is 10.4 Å². The second-order valence-electron chi connectivity index (χ2n) is 7.62. The van der Waals surface area contributed by atoms with Crippen LogP contribution in [0.25, 0.3) is 10.2 Å². The summed E-state index contributed by atoms with van der Waals surface area (Å²) in [4.78, 5) is 31.1. The first-order valence-corrected chi connectivity index (χ1v) is 11.4. The molecule has 2 aromatic heterocycles. The number of fused-ring (bicyclic) bond motifs is 1. The summed E-state index contributed by atoms with van der Waals surface area (Å²) in [6, 6.07) is 15.2. The van der Waals surface area contributed by atoms with Gasteiger partial charge in [0.25, 0.3) is 11.5 Å². The van der Waals surface area contributed by atoms with Crippen molar-refractivity contribution in [2.45, 2.75) is 27.0 Å². The highest BCUT2D eigenvalue weighted by Gasteiger charge is 2.13. The lowest BCUT2D eigenvalue weighted by Crippen LogP contribution is -2.30. The van der Waals surface area contributed by atoms with Crippen LogP contribution in [0.4, 0.5) is 0 Å². The molecule has 2 aromatic carbocycles. The van der Waals surface area contributed by atoms with Gasteiger partial charge in [0.05, 0.1) is 25.0 Å². The van der Waals surface area contributed by atoms with Crippen LogP contribution < -0.4 is 20.5 Å². The molecule has 0 aliphatic carbocycles. The van der Waals surface area contributed by atoms with Crippen LogP contribution in [0.3, 0.4) is 0 Å². The predicted molar refractivity (Wildman–Crippen MR) is 133 cm³/mol. The van der Waals surface area contributed by atoms with E-state index in [-0.39, 0.29) is 12.1 Å². The molecule has 2 heterocycles. The zero-order valence-electron chi connectivity index (χ0n) is 19.1. The van der Waals surface area contributed by atoms with Crippen molar-refractivity contribution in [2.24, 2.45) is 5.10 Å². The van der Waals surface area contributed by atoms with Crippen molar-refractivity contribution in [3.8, 4) is 11.5 Å². The number of hydrogen-bond acceptors (Lipinski definition) is 7. The van der Waals surface area contributed by atoms with E-state index in [1.54, 1.807) is 19.2 Å². The van der Waals surface area contributed by atoms with E-state index in [4.69, 9.17) is 9.47 Å². The zero-order valence-corrected chi connectivity index (χ0v) is 19.9. The Morgan fingerprint density at radius 1 is 1.18 bits per heavy atom. The van der Waals surface area contributed by atoms with Crippen LogP contribution in [0.2, 0.25) is 0 Å². The molecule has 4 aromatic rings. The minimum atomic E-state index is -0.432. The molecule has 0 bridgehead atoms. The third-order valence-corrected chi connectivity index (χ3v) is 6.41. The molecule has 0 atom stereocenters. The van der Waals surface area contributed by atoms with E-state index >= 15 is 0 Å². The number of thiophene rings is 1. The second-order valence-corrected chi connectivity index (χ2v) is 8.82. The fraction of sp³-hybridized carbons (Fsp3) is 0.200. The summed E-state index contributed by atoms with van der Waals surface area (Å²) in [7, 11) is 1.56. The van der Waals surface area contributed by atoms with Crippen molar-refractivity contribution in [2.75, 3.05) is 7.11 Å². The van der Waals surface area contributed by atoms with Crippen molar-refractivity contribution in [3.05, 3.63) is 86.8 Å². The normalized spacial score (nSPS) is 11.1. The molecular weight excluding hydrogens is 452 g/mol. The molecule has 0 unspecified atom stereocenters. The Labute approximate surface area is 200 Å². The Hall–Kier alpha value is -3.98. The van der Waals surface area contributed by atoms with Gasteiger partial charge in [-0.3, -0.25) is 14.2 Å².